The van der Waals surface area contributed by atoms with E-state index < -0.39 is 23.7 Å². The summed E-state index contributed by atoms with van der Waals surface area (Å²) in [5, 5.41) is 14.2. The number of rotatable bonds is 7. The summed E-state index contributed by atoms with van der Waals surface area (Å²) in [5.41, 5.74) is 0.497. The Hall–Kier alpha value is -4.61. The number of amides is 3. The molecule has 0 spiro atoms. The molecule has 0 unspecified atom stereocenters. The third-order valence-corrected chi connectivity index (χ3v) is 6.49. The molecular weight excluding hydrogens is 527 g/mol. The second kappa shape index (κ2) is 12.1. The predicted octanol–water partition coefficient (Wildman–Crippen LogP) is 4.90. The van der Waals surface area contributed by atoms with Crippen LogP contribution in [0.5, 0.6) is 0 Å². The normalized spacial score (nSPS) is 13.6. The number of aromatic nitrogens is 1. The summed E-state index contributed by atoms with van der Waals surface area (Å²) in [6.07, 6.45) is -3.05. The van der Waals surface area contributed by atoms with Gasteiger partial charge in [-0.15, -0.1) is 0 Å². The molecule has 1 aliphatic rings. The molecule has 9 nitrogen and oxygen atoms in total. The second-order valence-corrected chi connectivity index (χ2v) is 9.34. The Labute approximate surface area is 228 Å². The Bertz CT molecular complexity index is 1390. The van der Waals surface area contributed by atoms with Crippen molar-refractivity contribution < 1.29 is 32.7 Å². The largest absolute Gasteiger partial charge is 0.465 e. The minimum absolute atomic E-state index is 0.0749. The van der Waals surface area contributed by atoms with Gasteiger partial charge in [-0.1, -0.05) is 24.3 Å². The summed E-state index contributed by atoms with van der Waals surface area (Å²) in [6, 6.07) is 14.2. The number of pyridine rings is 1. The van der Waals surface area contributed by atoms with Crippen molar-refractivity contribution in [1.29, 1.82) is 0 Å². The molecule has 40 heavy (non-hydrogen) atoms. The molecule has 0 radical (unpaired) electrons. The van der Waals surface area contributed by atoms with Crippen LogP contribution < -0.4 is 15.5 Å². The van der Waals surface area contributed by atoms with E-state index in [1.165, 1.54) is 36.1 Å². The summed E-state index contributed by atoms with van der Waals surface area (Å²) in [6.45, 7) is 1.74. The molecule has 0 atom stereocenters. The van der Waals surface area contributed by atoms with Gasteiger partial charge < -0.3 is 25.5 Å². The minimum atomic E-state index is -4.76. The minimum Gasteiger partial charge on any atom is -0.465 e. The van der Waals surface area contributed by atoms with Crippen molar-refractivity contribution in [3.05, 3.63) is 83.0 Å². The third kappa shape index (κ3) is 7.07. The zero-order valence-corrected chi connectivity index (χ0v) is 21.7. The molecule has 1 aliphatic heterocycles. The molecule has 3 aromatic rings. The number of carboxylic acid groups (broad SMARTS) is 1. The molecule has 1 saturated heterocycles. The van der Waals surface area contributed by atoms with E-state index >= 15 is 0 Å². The van der Waals surface area contributed by atoms with Crippen LogP contribution in [0.1, 0.15) is 34.0 Å². The lowest BCUT2D eigenvalue weighted by atomic mass is 10.0. The molecule has 12 heteroatoms. The van der Waals surface area contributed by atoms with Crippen molar-refractivity contribution in [3.8, 4) is 0 Å². The number of nitrogens with zero attached hydrogens (tertiary/aromatic N) is 3. The molecule has 1 fully saturated rings. The highest BCUT2D eigenvalue weighted by Crippen LogP contribution is 2.42. The van der Waals surface area contributed by atoms with Crippen LogP contribution in [0.3, 0.4) is 0 Å². The van der Waals surface area contributed by atoms with E-state index in [4.69, 9.17) is 5.11 Å². The highest BCUT2D eigenvalue weighted by atomic mass is 19.4. The van der Waals surface area contributed by atoms with E-state index in [-0.39, 0.29) is 49.0 Å². The standard InChI is InChI=1S/C28H28F3N5O4/c1-18(37)33-24-11-10-20(17-32-24)9-8-19-4-2-5-21(16-19)26(38)34-22-6-3-7-23(25(22)28(29,30)31)35-12-14-36(15-13-35)27(39)40/h2-7,10-11,16-17H,8-9,12-15H2,1H3,(H,34,38)(H,39,40)(H,32,33,37). The Kier molecular flexibility index (Phi) is 8.56. The van der Waals surface area contributed by atoms with Crippen LogP contribution in [0.15, 0.2) is 60.8 Å². The monoisotopic (exact) mass is 555 g/mol. The number of hydrogen-bond acceptors (Lipinski definition) is 5. The van der Waals surface area contributed by atoms with Gasteiger partial charge >= 0.3 is 12.3 Å². The first-order valence-electron chi connectivity index (χ1n) is 12.6. The molecule has 210 valence electrons. The number of benzene rings is 2. The Morgan fingerprint density at radius 3 is 2.25 bits per heavy atom. The highest BCUT2D eigenvalue weighted by molar-refractivity contribution is 6.05. The van der Waals surface area contributed by atoms with Gasteiger partial charge in [0.1, 0.15) is 11.4 Å². The first-order chi connectivity index (χ1) is 19.0. The maximum atomic E-state index is 14.2. The summed E-state index contributed by atoms with van der Waals surface area (Å²) in [7, 11) is 0. The zero-order valence-electron chi connectivity index (χ0n) is 21.7. The molecule has 0 aliphatic carbocycles. The number of alkyl halides is 3. The number of hydrogen-bond donors (Lipinski definition) is 3. The Balaban J connectivity index is 1.48. The maximum Gasteiger partial charge on any atom is 0.420 e. The number of carbonyl (C=O) groups excluding carboxylic acids is 2. The number of aryl methyl sites for hydroxylation is 2. The van der Waals surface area contributed by atoms with E-state index in [9.17, 15) is 27.6 Å². The van der Waals surface area contributed by atoms with Gasteiger partial charge in [0.15, 0.2) is 0 Å². The van der Waals surface area contributed by atoms with Crippen molar-refractivity contribution in [3.63, 3.8) is 0 Å². The highest BCUT2D eigenvalue weighted by Gasteiger charge is 2.39. The summed E-state index contributed by atoms with van der Waals surface area (Å²) >= 11 is 0. The van der Waals surface area contributed by atoms with E-state index in [2.05, 4.69) is 15.6 Å². The predicted molar refractivity (Wildman–Crippen MR) is 144 cm³/mol. The van der Waals surface area contributed by atoms with E-state index in [0.29, 0.717) is 18.7 Å². The van der Waals surface area contributed by atoms with Crippen molar-refractivity contribution in [2.24, 2.45) is 0 Å². The molecule has 1 aromatic heterocycles. The molecule has 2 aromatic carbocycles. The maximum absolute atomic E-state index is 14.2. The van der Waals surface area contributed by atoms with Crippen LogP contribution >= 0.6 is 0 Å². The molecule has 4 rings (SSSR count). The van der Waals surface area contributed by atoms with Gasteiger partial charge in [0, 0.05) is 44.9 Å². The molecule has 3 N–H and O–H groups in total. The SMILES string of the molecule is CC(=O)Nc1ccc(CCc2cccc(C(=O)Nc3cccc(N4CCN(C(=O)O)CC4)c3C(F)(F)F)c2)cn1. The second-order valence-electron chi connectivity index (χ2n) is 9.34. The lowest BCUT2D eigenvalue weighted by Gasteiger charge is -2.36. The lowest BCUT2D eigenvalue weighted by molar-refractivity contribution is -0.136. The third-order valence-electron chi connectivity index (χ3n) is 6.49. The van der Waals surface area contributed by atoms with Crippen molar-refractivity contribution >= 4 is 35.1 Å². The van der Waals surface area contributed by atoms with Gasteiger partial charge in [-0.2, -0.15) is 13.2 Å². The number of nitrogens with one attached hydrogen (secondary N) is 2. The smallest absolute Gasteiger partial charge is 0.420 e. The van der Waals surface area contributed by atoms with Gasteiger partial charge in [-0.05, 0) is 54.3 Å². The average Bonchev–Trinajstić information content (AvgIpc) is 2.92. The summed E-state index contributed by atoms with van der Waals surface area (Å²) in [5.74, 6) is -0.454. The van der Waals surface area contributed by atoms with Crippen LogP contribution in [0, 0.1) is 0 Å². The number of halogens is 3. The van der Waals surface area contributed by atoms with Crippen LogP contribution in [0.4, 0.5) is 35.2 Å². The number of piperazine rings is 1. The van der Waals surface area contributed by atoms with Gasteiger partial charge in [-0.25, -0.2) is 9.78 Å². The van der Waals surface area contributed by atoms with Crippen molar-refractivity contribution in [2.45, 2.75) is 25.9 Å². The van der Waals surface area contributed by atoms with Crippen LogP contribution in [0.2, 0.25) is 0 Å². The molecule has 3 amide bonds. The van der Waals surface area contributed by atoms with Gasteiger partial charge in [0.25, 0.3) is 5.91 Å². The molecule has 2 heterocycles. The topological polar surface area (TPSA) is 115 Å². The fourth-order valence-electron chi connectivity index (χ4n) is 4.52. The van der Waals surface area contributed by atoms with Crippen molar-refractivity contribution in [1.82, 2.24) is 9.88 Å². The molecule has 0 saturated carbocycles. The summed E-state index contributed by atoms with van der Waals surface area (Å²) in [4.78, 5) is 42.2. The van der Waals surface area contributed by atoms with Gasteiger partial charge in [-0.3, -0.25) is 9.59 Å². The Morgan fingerprint density at radius 2 is 1.62 bits per heavy atom. The quantitative estimate of drug-likeness (QED) is 0.382. The summed E-state index contributed by atoms with van der Waals surface area (Å²) < 4.78 is 42.7. The Morgan fingerprint density at radius 1 is 0.925 bits per heavy atom. The van der Waals surface area contributed by atoms with Crippen LogP contribution in [0.25, 0.3) is 0 Å². The molecule has 0 bridgehead atoms. The molecular formula is C28H28F3N5O4. The van der Waals surface area contributed by atoms with Gasteiger partial charge in [0.05, 0.1) is 11.4 Å². The van der Waals surface area contributed by atoms with Gasteiger partial charge in [0.2, 0.25) is 5.91 Å². The lowest BCUT2D eigenvalue weighted by Crippen LogP contribution is -2.48. The zero-order chi connectivity index (χ0) is 28.9. The number of carbonyl (C=O) groups is 3. The average molecular weight is 556 g/mol. The fourth-order valence-corrected chi connectivity index (χ4v) is 4.52. The fraction of sp³-hybridized carbons (Fsp3) is 0.286. The van der Waals surface area contributed by atoms with Crippen LogP contribution in [-0.4, -0.2) is 59.1 Å². The first-order valence-corrected chi connectivity index (χ1v) is 12.6. The first kappa shape index (κ1) is 28.4. The van der Waals surface area contributed by atoms with Crippen LogP contribution in [-0.2, 0) is 23.8 Å². The van der Waals surface area contributed by atoms with E-state index in [0.717, 1.165) is 16.0 Å². The number of anilines is 3. The van der Waals surface area contributed by atoms with E-state index in [1.54, 1.807) is 24.4 Å². The van der Waals surface area contributed by atoms with E-state index in [1.807, 2.05) is 12.1 Å². The van der Waals surface area contributed by atoms with Crippen molar-refractivity contribution in [2.75, 3.05) is 41.7 Å².